The van der Waals surface area contributed by atoms with Gasteiger partial charge in [-0.1, -0.05) is 13.8 Å². The molecule has 0 aliphatic heterocycles. The third kappa shape index (κ3) is 4.54. The SMILES string of the molecule is CC(C)Oc1ccc(NC(=O)C(c2ccncc2)C(C)C)c(F)c1. The molecule has 1 aromatic heterocycles. The highest BCUT2D eigenvalue weighted by molar-refractivity contribution is 5.96. The number of benzene rings is 1. The Morgan fingerprint density at radius 1 is 1.12 bits per heavy atom. The van der Waals surface area contributed by atoms with E-state index in [9.17, 15) is 9.18 Å². The van der Waals surface area contributed by atoms with Crippen LogP contribution in [0.25, 0.3) is 0 Å². The molecular formula is C19H23FN2O2. The van der Waals surface area contributed by atoms with Gasteiger partial charge in [0.25, 0.3) is 0 Å². The number of carbonyl (C=O) groups is 1. The number of ether oxygens (including phenoxy) is 1. The first kappa shape index (κ1) is 17.9. The number of aromatic nitrogens is 1. The van der Waals surface area contributed by atoms with Gasteiger partial charge in [-0.2, -0.15) is 0 Å². The summed E-state index contributed by atoms with van der Waals surface area (Å²) in [6, 6.07) is 8.07. The van der Waals surface area contributed by atoms with Gasteiger partial charge in [-0.05, 0) is 49.6 Å². The number of anilines is 1. The fourth-order valence-corrected chi connectivity index (χ4v) is 2.56. The lowest BCUT2D eigenvalue weighted by Gasteiger charge is -2.21. The van der Waals surface area contributed by atoms with Crippen LogP contribution < -0.4 is 10.1 Å². The van der Waals surface area contributed by atoms with Crippen LogP contribution >= 0.6 is 0 Å². The van der Waals surface area contributed by atoms with Gasteiger partial charge in [-0.15, -0.1) is 0 Å². The van der Waals surface area contributed by atoms with Crippen molar-refractivity contribution < 1.29 is 13.9 Å². The van der Waals surface area contributed by atoms with Gasteiger partial charge in [-0.3, -0.25) is 9.78 Å². The number of nitrogens with zero attached hydrogens (tertiary/aromatic N) is 1. The molecule has 4 nitrogen and oxygen atoms in total. The molecule has 1 amide bonds. The van der Waals surface area contributed by atoms with Crippen molar-refractivity contribution in [3.63, 3.8) is 0 Å². The molecule has 0 radical (unpaired) electrons. The molecule has 1 N–H and O–H groups in total. The molecular weight excluding hydrogens is 307 g/mol. The molecule has 0 saturated heterocycles. The minimum atomic E-state index is -0.515. The van der Waals surface area contributed by atoms with Crippen LogP contribution in [0.3, 0.4) is 0 Å². The van der Waals surface area contributed by atoms with Gasteiger partial charge < -0.3 is 10.1 Å². The molecule has 0 spiro atoms. The Bertz CT molecular complexity index is 687. The number of carbonyl (C=O) groups excluding carboxylic acids is 1. The number of halogens is 1. The highest BCUT2D eigenvalue weighted by Crippen LogP contribution is 2.27. The van der Waals surface area contributed by atoms with Crippen LogP contribution in [-0.4, -0.2) is 17.0 Å². The highest BCUT2D eigenvalue weighted by Gasteiger charge is 2.25. The number of rotatable bonds is 6. The lowest BCUT2D eigenvalue weighted by Crippen LogP contribution is -2.25. The van der Waals surface area contributed by atoms with Crippen molar-refractivity contribution in [2.75, 3.05) is 5.32 Å². The average Bonchev–Trinajstić information content (AvgIpc) is 2.50. The Hall–Kier alpha value is -2.43. The molecule has 2 rings (SSSR count). The predicted molar refractivity (Wildman–Crippen MR) is 92.6 cm³/mol. The third-order valence-electron chi connectivity index (χ3n) is 3.58. The average molecular weight is 330 g/mol. The molecule has 5 heteroatoms. The second-order valence-corrected chi connectivity index (χ2v) is 6.30. The second-order valence-electron chi connectivity index (χ2n) is 6.30. The van der Waals surface area contributed by atoms with Gasteiger partial charge in [0.15, 0.2) is 0 Å². The molecule has 0 bridgehead atoms. The summed E-state index contributed by atoms with van der Waals surface area (Å²) >= 11 is 0. The smallest absolute Gasteiger partial charge is 0.232 e. The molecule has 24 heavy (non-hydrogen) atoms. The molecule has 0 aliphatic rings. The van der Waals surface area contributed by atoms with Crippen molar-refractivity contribution in [1.82, 2.24) is 4.98 Å². The van der Waals surface area contributed by atoms with E-state index < -0.39 is 5.82 Å². The molecule has 1 heterocycles. The quantitative estimate of drug-likeness (QED) is 0.855. The highest BCUT2D eigenvalue weighted by atomic mass is 19.1. The fourth-order valence-electron chi connectivity index (χ4n) is 2.56. The molecule has 0 saturated carbocycles. The Morgan fingerprint density at radius 2 is 1.79 bits per heavy atom. The first-order valence-electron chi connectivity index (χ1n) is 8.05. The zero-order chi connectivity index (χ0) is 17.7. The molecule has 1 atom stereocenters. The van der Waals surface area contributed by atoms with Crippen molar-refractivity contribution in [3.8, 4) is 5.75 Å². The van der Waals surface area contributed by atoms with E-state index >= 15 is 0 Å². The first-order valence-corrected chi connectivity index (χ1v) is 8.05. The maximum atomic E-state index is 14.2. The molecule has 1 aromatic carbocycles. The van der Waals surface area contributed by atoms with Gasteiger partial charge >= 0.3 is 0 Å². The maximum Gasteiger partial charge on any atom is 0.232 e. The van der Waals surface area contributed by atoms with E-state index in [4.69, 9.17) is 4.74 Å². The third-order valence-corrected chi connectivity index (χ3v) is 3.58. The van der Waals surface area contributed by atoms with E-state index in [0.29, 0.717) is 5.75 Å². The summed E-state index contributed by atoms with van der Waals surface area (Å²) in [7, 11) is 0. The van der Waals surface area contributed by atoms with Gasteiger partial charge in [0, 0.05) is 18.5 Å². The zero-order valence-electron chi connectivity index (χ0n) is 14.4. The largest absolute Gasteiger partial charge is 0.491 e. The second kappa shape index (κ2) is 7.90. The van der Waals surface area contributed by atoms with Gasteiger partial charge in [0.2, 0.25) is 5.91 Å². The van der Waals surface area contributed by atoms with E-state index in [1.807, 2.05) is 27.7 Å². The van der Waals surface area contributed by atoms with Crippen molar-refractivity contribution in [2.45, 2.75) is 39.7 Å². The Labute approximate surface area is 142 Å². The summed E-state index contributed by atoms with van der Waals surface area (Å²) in [6.07, 6.45) is 3.26. The fraction of sp³-hybridized carbons (Fsp3) is 0.368. The van der Waals surface area contributed by atoms with Gasteiger partial charge in [-0.25, -0.2) is 4.39 Å². The molecule has 0 aliphatic carbocycles. The topological polar surface area (TPSA) is 51.2 Å². The molecule has 1 unspecified atom stereocenters. The summed E-state index contributed by atoms with van der Waals surface area (Å²) < 4.78 is 19.7. The van der Waals surface area contributed by atoms with Crippen LogP contribution in [0.1, 0.15) is 39.2 Å². The standard InChI is InChI=1S/C19H23FN2O2/c1-12(2)18(14-7-9-21-10-8-14)19(23)22-17-6-5-15(11-16(17)20)24-13(3)4/h5-13,18H,1-4H3,(H,22,23). The summed E-state index contributed by atoms with van der Waals surface area (Å²) in [5, 5.41) is 2.68. The molecule has 128 valence electrons. The van der Waals surface area contributed by atoms with E-state index in [-0.39, 0.29) is 29.5 Å². The number of amides is 1. The van der Waals surface area contributed by atoms with Gasteiger partial charge in [0.05, 0.1) is 17.7 Å². The Morgan fingerprint density at radius 3 is 2.33 bits per heavy atom. The van der Waals surface area contributed by atoms with Crippen LogP contribution in [-0.2, 0) is 4.79 Å². The molecule has 2 aromatic rings. The first-order chi connectivity index (χ1) is 11.4. The van der Waals surface area contributed by atoms with E-state index in [0.717, 1.165) is 5.56 Å². The number of hydrogen-bond acceptors (Lipinski definition) is 3. The molecule has 0 fully saturated rings. The number of pyridine rings is 1. The van der Waals surface area contributed by atoms with Crippen LogP contribution in [0, 0.1) is 11.7 Å². The van der Waals surface area contributed by atoms with E-state index in [1.165, 1.54) is 12.1 Å². The predicted octanol–water partition coefficient (Wildman–Crippen LogP) is 4.39. The van der Waals surface area contributed by atoms with Crippen molar-refractivity contribution in [2.24, 2.45) is 5.92 Å². The van der Waals surface area contributed by atoms with Crippen molar-refractivity contribution in [3.05, 3.63) is 54.1 Å². The van der Waals surface area contributed by atoms with Crippen LogP contribution in [0.4, 0.5) is 10.1 Å². The van der Waals surface area contributed by atoms with Crippen LogP contribution in [0.15, 0.2) is 42.7 Å². The summed E-state index contributed by atoms with van der Waals surface area (Å²) in [5.41, 5.74) is 1.01. The summed E-state index contributed by atoms with van der Waals surface area (Å²) in [6.45, 7) is 7.66. The number of nitrogens with one attached hydrogen (secondary N) is 1. The normalized spacial score (nSPS) is 12.3. The van der Waals surface area contributed by atoms with Gasteiger partial charge in [0.1, 0.15) is 11.6 Å². The minimum Gasteiger partial charge on any atom is -0.491 e. The van der Waals surface area contributed by atoms with Crippen molar-refractivity contribution in [1.29, 1.82) is 0 Å². The Kier molecular flexibility index (Phi) is 5.90. The maximum absolute atomic E-state index is 14.2. The Balaban J connectivity index is 2.18. The lowest BCUT2D eigenvalue weighted by atomic mass is 9.88. The minimum absolute atomic E-state index is 0.0400. The van der Waals surface area contributed by atoms with E-state index in [2.05, 4.69) is 10.3 Å². The summed E-state index contributed by atoms with van der Waals surface area (Å²) in [4.78, 5) is 16.6. The van der Waals surface area contributed by atoms with Crippen LogP contribution in [0.5, 0.6) is 5.75 Å². The monoisotopic (exact) mass is 330 g/mol. The zero-order valence-corrected chi connectivity index (χ0v) is 14.4. The van der Waals surface area contributed by atoms with Crippen LogP contribution in [0.2, 0.25) is 0 Å². The van der Waals surface area contributed by atoms with Crippen molar-refractivity contribution >= 4 is 11.6 Å². The lowest BCUT2D eigenvalue weighted by molar-refractivity contribution is -0.118. The van der Waals surface area contributed by atoms with E-state index in [1.54, 1.807) is 30.6 Å². The summed E-state index contributed by atoms with van der Waals surface area (Å²) in [5.74, 6) is -0.626. The number of hydrogen-bond donors (Lipinski definition) is 1.